The molecule has 8 rings (SSSR count). The highest BCUT2D eigenvalue weighted by atomic mass is 35.5. The molecule has 4 saturated heterocycles. The highest BCUT2D eigenvalue weighted by molar-refractivity contribution is 6.31. The predicted octanol–water partition coefficient (Wildman–Crippen LogP) is 4.97. The topological polar surface area (TPSA) is 147 Å². The number of ether oxygens (including phenoxy) is 1. The molecule has 3 aromatic carbocycles. The molecule has 5 aliphatic heterocycles. The van der Waals surface area contributed by atoms with Crippen molar-refractivity contribution in [2.75, 3.05) is 68.7 Å². The second kappa shape index (κ2) is 16.1. The lowest BCUT2D eigenvalue weighted by molar-refractivity contribution is -0.136. The van der Waals surface area contributed by atoms with Gasteiger partial charge < -0.3 is 19.4 Å². The van der Waals surface area contributed by atoms with Gasteiger partial charge in [-0.3, -0.25) is 39.1 Å². The number of imide groups is 2. The summed E-state index contributed by atoms with van der Waals surface area (Å²) >= 11 is 6.23. The van der Waals surface area contributed by atoms with E-state index in [0.29, 0.717) is 58.5 Å². The zero-order chi connectivity index (χ0) is 40.7. The Morgan fingerprint density at radius 1 is 0.828 bits per heavy atom. The molecular weight excluding hydrogens is 758 g/mol. The summed E-state index contributed by atoms with van der Waals surface area (Å²) in [5, 5.41) is 11.8. The molecule has 5 aliphatic rings. The largest absolute Gasteiger partial charge is 0.490 e. The average molecular weight is 806 g/mol. The molecule has 14 heteroatoms. The van der Waals surface area contributed by atoms with Gasteiger partial charge in [-0.25, -0.2) is 0 Å². The Kier molecular flexibility index (Phi) is 10.9. The van der Waals surface area contributed by atoms with Crippen LogP contribution in [0.2, 0.25) is 5.02 Å². The van der Waals surface area contributed by atoms with Crippen LogP contribution in [0.1, 0.15) is 82.6 Å². The molecule has 4 fully saturated rings. The fourth-order valence-corrected chi connectivity index (χ4v) is 9.35. The first-order valence-electron chi connectivity index (χ1n) is 20.2. The first-order valence-corrected chi connectivity index (χ1v) is 20.6. The van der Waals surface area contributed by atoms with Crippen LogP contribution in [0, 0.1) is 22.7 Å². The van der Waals surface area contributed by atoms with Gasteiger partial charge in [0.05, 0.1) is 21.7 Å². The fraction of sp³-hybridized carbons (Fsp3) is 0.455. The number of piperidine rings is 3. The van der Waals surface area contributed by atoms with E-state index < -0.39 is 29.7 Å². The molecule has 0 aliphatic carbocycles. The van der Waals surface area contributed by atoms with Crippen molar-refractivity contribution < 1.29 is 28.7 Å². The number of anilines is 2. The molecule has 1 N–H and O–H groups in total. The van der Waals surface area contributed by atoms with Gasteiger partial charge in [0, 0.05) is 100 Å². The van der Waals surface area contributed by atoms with Crippen LogP contribution in [0.25, 0.3) is 0 Å². The Balaban J connectivity index is 0.784. The van der Waals surface area contributed by atoms with Crippen LogP contribution >= 0.6 is 11.6 Å². The van der Waals surface area contributed by atoms with Gasteiger partial charge in [-0.2, -0.15) is 5.26 Å². The molecule has 0 saturated carbocycles. The molecule has 302 valence electrons. The quantitative estimate of drug-likeness (QED) is 0.310. The summed E-state index contributed by atoms with van der Waals surface area (Å²) in [6, 6.07) is 19.6. The number of benzene rings is 3. The predicted molar refractivity (Wildman–Crippen MR) is 218 cm³/mol. The Bertz CT molecular complexity index is 2170. The van der Waals surface area contributed by atoms with E-state index in [1.807, 2.05) is 23.1 Å². The van der Waals surface area contributed by atoms with Crippen LogP contribution in [0.4, 0.5) is 11.4 Å². The molecule has 2 unspecified atom stereocenters. The summed E-state index contributed by atoms with van der Waals surface area (Å²) in [6.07, 6.45) is 2.86. The van der Waals surface area contributed by atoms with E-state index in [1.165, 1.54) is 0 Å². The fourth-order valence-electron chi connectivity index (χ4n) is 9.13. The molecule has 3 aromatic rings. The molecule has 5 heterocycles. The number of hydrogen-bond acceptors (Lipinski definition) is 10. The van der Waals surface area contributed by atoms with E-state index in [2.05, 4.69) is 52.1 Å². The van der Waals surface area contributed by atoms with Gasteiger partial charge in [0.2, 0.25) is 11.8 Å². The minimum absolute atomic E-state index is 0.0200. The number of amides is 5. The summed E-state index contributed by atoms with van der Waals surface area (Å²) in [5.41, 5.74) is 3.43. The summed E-state index contributed by atoms with van der Waals surface area (Å²) in [5.74, 6) is -0.761. The maximum Gasteiger partial charge on any atom is 0.262 e. The maximum absolute atomic E-state index is 13.6. The highest BCUT2D eigenvalue weighted by Crippen LogP contribution is 2.36. The molecule has 0 radical (unpaired) electrons. The van der Waals surface area contributed by atoms with Crippen LogP contribution in [0.15, 0.2) is 60.7 Å². The molecule has 2 atom stereocenters. The molecule has 5 amide bonds. The Labute approximate surface area is 343 Å². The zero-order valence-corrected chi connectivity index (χ0v) is 33.7. The Morgan fingerprint density at radius 3 is 2.19 bits per heavy atom. The summed E-state index contributed by atoms with van der Waals surface area (Å²) in [7, 11) is 0. The van der Waals surface area contributed by atoms with Crippen LogP contribution in [-0.4, -0.2) is 115 Å². The van der Waals surface area contributed by atoms with E-state index >= 15 is 0 Å². The SMILES string of the molecule is CC1(C)CN(C(=O)c2ccc(N3CCN(CC4CCN(c5ccc6c(c5)C(=O)N(C5CCC(=O)NC5=O)C6=O)CC4)CC3)cc2)CCC1Oc1ccc(C#N)c(Cl)c1. The molecule has 58 heavy (non-hydrogen) atoms. The van der Waals surface area contributed by atoms with Gasteiger partial charge in [0.1, 0.15) is 24.0 Å². The maximum atomic E-state index is 13.6. The average Bonchev–Trinajstić information content (AvgIpc) is 3.46. The third kappa shape index (κ3) is 7.87. The van der Waals surface area contributed by atoms with Crippen LogP contribution in [-0.2, 0) is 9.59 Å². The van der Waals surface area contributed by atoms with Crippen molar-refractivity contribution in [1.82, 2.24) is 20.0 Å². The third-order valence-corrected chi connectivity index (χ3v) is 12.8. The standard InChI is InChI=1S/C44H48ClN7O6/c1-44(2)27-51(18-15-38(44)58-33-9-5-30(25-46)36(45)24-33)41(55)29-3-6-31(7-4-29)50-21-19-48(20-22-50)26-28-13-16-49(17-14-28)32-8-10-34-35(23-32)43(57)52(42(34)56)37-11-12-39(53)47-40(37)54/h3-10,23-24,28,37-38H,11-22,26-27H2,1-2H3,(H,47,53,54). The van der Waals surface area contributed by atoms with E-state index in [0.717, 1.165) is 74.9 Å². The monoisotopic (exact) mass is 805 g/mol. The van der Waals surface area contributed by atoms with E-state index in [4.69, 9.17) is 16.3 Å². The van der Waals surface area contributed by atoms with Gasteiger partial charge >= 0.3 is 0 Å². The van der Waals surface area contributed by atoms with E-state index in [1.54, 1.807) is 30.3 Å². The van der Waals surface area contributed by atoms with Crippen molar-refractivity contribution in [3.63, 3.8) is 0 Å². The van der Waals surface area contributed by atoms with Gasteiger partial charge in [-0.15, -0.1) is 0 Å². The van der Waals surface area contributed by atoms with Gasteiger partial charge in [-0.05, 0) is 79.8 Å². The number of likely N-dealkylation sites (tertiary alicyclic amines) is 1. The number of fused-ring (bicyclic) bond motifs is 1. The molecule has 13 nitrogen and oxygen atoms in total. The normalized spacial score (nSPS) is 22.8. The Morgan fingerprint density at radius 2 is 1.52 bits per heavy atom. The zero-order valence-electron chi connectivity index (χ0n) is 32.9. The highest BCUT2D eigenvalue weighted by Gasteiger charge is 2.45. The number of hydrogen-bond donors (Lipinski definition) is 1. The Hall–Kier alpha value is -5.45. The lowest BCUT2D eigenvalue weighted by Crippen LogP contribution is -2.54. The van der Waals surface area contributed by atoms with Crippen molar-refractivity contribution in [3.8, 4) is 11.8 Å². The van der Waals surface area contributed by atoms with Crippen molar-refractivity contribution in [3.05, 3.63) is 87.9 Å². The van der Waals surface area contributed by atoms with Gasteiger partial charge in [-0.1, -0.05) is 25.4 Å². The summed E-state index contributed by atoms with van der Waals surface area (Å²) in [6.45, 7) is 11.9. The second-order valence-electron chi connectivity index (χ2n) is 16.8. The third-order valence-electron chi connectivity index (χ3n) is 12.5. The minimum atomic E-state index is -0.971. The molecule has 0 spiro atoms. The first kappa shape index (κ1) is 39.4. The van der Waals surface area contributed by atoms with Crippen LogP contribution < -0.4 is 19.9 Å². The number of nitrogens with one attached hydrogen (secondary N) is 1. The number of nitriles is 1. The minimum Gasteiger partial charge on any atom is -0.490 e. The smallest absolute Gasteiger partial charge is 0.262 e. The lowest BCUT2D eigenvalue weighted by atomic mass is 9.80. The first-order chi connectivity index (χ1) is 27.9. The van der Waals surface area contributed by atoms with Crippen molar-refractivity contribution >= 4 is 52.5 Å². The van der Waals surface area contributed by atoms with Crippen molar-refractivity contribution in [1.29, 1.82) is 5.26 Å². The number of rotatable bonds is 8. The van der Waals surface area contributed by atoms with Crippen molar-refractivity contribution in [2.45, 2.75) is 58.1 Å². The van der Waals surface area contributed by atoms with Gasteiger partial charge in [0.15, 0.2) is 0 Å². The molecule has 0 aromatic heterocycles. The van der Waals surface area contributed by atoms with Gasteiger partial charge in [0.25, 0.3) is 17.7 Å². The number of carbonyl (C=O) groups excluding carboxylic acids is 5. The number of halogens is 1. The lowest BCUT2D eigenvalue weighted by Gasteiger charge is -2.44. The summed E-state index contributed by atoms with van der Waals surface area (Å²) in [4.78, 5) is 74.3. The van der Waals surface area contributed by atoms with E-state index in [-0.39, 0.29) is 30.3 Å². The van der Waals surface area contributed by atoms with E-state index in [9.17, 15) is 29.2 Å². The molecular formula is C44H48ClN7O6. The number of piperazine rings is 1. The number of carbonyl (C=O) groups is 5. The second-order valence-corrected chi connectivity index (χ2v) is 17.2. The van der Waals surface area contributed by atoms with Crippen LogP contribution in [0.3, 0.4) is 0 Å². The van der Waals surface area contributed by atoms with Crippen molar-refractivity contribution in [2.24, 2.45) is 11.3 Å². The molecule has 0 bridgehead atoms. The summed E-state index contributed by atoms with van der Waals surface area (Å²) < 4.78 is 6.30. The number of nitrogens with zero attached hydrogens (tertiary/aromatic N) is 6. The van der Waals surface area contributed by atoms with Crippen LogP contribution in [0.5, 0.6) is 5.75 Å².